The van der Waals surface area contributed by atoms with E-state index in [9.17, 15) is 0 Å². The first-order valence-corrected chi connectivity index (χ1v) is 6.17. The van der Waals surface area contributed by atoms with Gasteiger partial charge in [-0.2, -0.15) is 0 Å². The van der Waals surface area contributed by atoms with Gasteiger partial charge in [0.15, 0.2) is 0 Å². The van der Waals surface area contributed by atoms with Crippen LogP contribution in [0.1, 0.15) is 23.6 Å². The summed E-state index contributed by atoms with van der Waals surface area (Å²) in [7, 11) is 0. The van der Waals surface area contributed by atoms with E-state index in [4.69, 9.17) is 4.42 Å². The summed E-state index contributed by atoms with van der Waals surface area (Å²) in [4.78, 5) is 1.39. The average Bonchev–Trinajstić information content (AvgIpc) is 2.87. The molecule has 5 heteroatoms. The minimum absolute atomic E-state index is 0.408. The normalized spacial score (nSPS) is 12.9. The van der Waals surface area contributed by atoms with Crippen LogP contribution in [0, 0.1) is 6.92 Å². The van der Waals surface area contributed by atoms with Crippen molar-refractivity contribution in [1.29, 1.82) is 0 Å². The molecule has 0 aromatic carbocycles. The van der Waals surface area contributed by atoms with E-state index in [2.05, 4.69) is 40.0 Å². The van der Waals surface area contributed by atoms with Gasteiger partial charge in [-0.15, -0.1) is 21.5 Å². The lowest BCUT2D eigenvalue weighted by Crippen LogP contribution is -2.27. The van der Waals surface area contributed by atoms with Crippen molar-refractivity contribution in [2.75, 3.05) is 0 Å². The lowest BCUT2D eigenvalue weighted by molar-refractivity contribution is 0.427. The zero-order valence-corrected chi connectivity index (χ0v) is 10.3. The van der Waals surface area contributed by atoms with Crippen LogP contribution < -0.4 is 5.32 Å². The molecule has 0 spiro atoms. The largest absolute Gasteiger partial charge is 0.424 e. The van der Waals surface area contributed by atoms with Crippen molar-refractivity contribution in [3.63, 3.8) is 0 Å². The second-order valence-electron chi connectivity index (χ2n) is 3.78. The van der Waals surface area contributed by atoms with E-state index in [1.807, 2.05) is 0 Å². The molecule has 1 unspecified atom stereocenters. The molecular formula is C11H15N3OS. The van der Waals surface area contributed by atoms with Gasteiger partial charge in [0.25, 0.3) is 0 Å². The maximum Gasteiger partial charge on any atom is 0.230 e. The van der Waals surface area contributed by atoms with Gasteiger partial charge in [0.1, 0.15) is 0 Å². The van der Waals surface area contributed by atoms with Crippen LogP contribution in [0.15, 0.2) is 21.9 Å². The van der Waals surface area contributed by atoms with Crippen molar-refractivity contribution in [2.45, 2.75) is 32.9 Å². The number of hydrogen-bond donors (Lipinski definition) is 1. The van der Waals surface area contributed by atoms with Crippen LogP contribution >= 0.6 is 11.3 Å². The SMILES string of the molecule is Cc1nnc(CNC(C)Cc2cccs2)o1. The van der Waals surface area contributed by atoms with Gasteiger partial charge in [0.2, 0.25) is 11.8 Å². The Morgan fingerprint density at radius 1 is 1.50 bits per heavy atom. The first-order valence-electron chi connectivity index (χ1n) is 5.29. The van der Waals surface area contributed by atoms with Crippen LogP contribution in [0.25, 0.3) is 0 Å². The van der Waals surface area contributed by atoms with Gasteiger partial charge in [-0.3, -0.25) is 0 Å². The van der Waals surface area contributed by atoms with Crippen molar-refractivity contribution in [3.8, 4) is 0 Å². The van der Waals surface area contributed by atoms with E-state index in [0.29, 0.717) is 24.4 Å². The number of thiophene rings is 1. The fraction of sp³-hybridized carbons (Fsp3) is 0.455. The second kappa shape index (κ2) is 5.23. The molecule has 86 valence electrons. The smallest absolute Gasteiger partial charge is 0.230 e. The van der Waals surface area contributed by atoms with E-state index >= 15 is 0 Å². The number of nitrogens with zero attached hydrogens (tertiary/aromatic N) is 2. The summed E-state index contributed by atoms with van der Waals surface area (Å²) in [5.41, 5.74) is 0. The fourth-order valence-corrected chi connectivity index (χ4v) is 2.31. The highest BCUT2D eigenvalue weighted by atomic mass is 32.1. The third-order valence-electron chi connectivity index (χ3n) is 2.26. The number of aryl methyl sites for hydroxylation is 1. The monoisotopic (exact) mass is 237 g/mol. The van der Waals surface area contributed by atoms with E-state index in [0.717, 1.165) is 6.42 Å². The molecule has 0 aliphatic carbocycles. The average molecular weight is 237 g/mol. The Kier molecular flexibility index (Phi) is 3.69. The highest BCUT2D eigenvalue weighted by molar-refractivity contribution is 7.09. The Labute approximate surface area is 98.7 Å². The van der Waals surface area contributed by atoms with Crippen LogP contribution in [0.5, 0.6) is 0 Å². The Morgan fingerprint density at radius 3 is 3.00 bits per heavy atom. The van der Waals surface area contributed by atoms with Crippen LogP contribution in [0.4, 0.5) is 0 Å². The molecule has 1 N–H and O–H groups in total. The number of aromatic nitrogens is 2. The lowest BCUT2D eigenvalue weighted by atomic mass is 10.2. The summed E-state index contributed by atoms with van der Waals surface area (Å²) in [6.07, 6.45) is 1.03. The fourth-order valence-electron chi connectivity index (χ4n) is 1.47. The molecule has 0 radical (unpaired) electrons. The molecule has 0 aliphatic heterocycles. The van der Waals surface area contributed by atoms with Gasteiger partial charge in [-0.05, 0) is 24.8 Å². The van der Waals surface area contributed by atoms with E-state index in [1.54, 1.807) is 18.3 Å². The molecule has 1 atom stereocenters. The van der Waals surface area contributed by atoms with Gasteiger partial charge in [-0.1, -0.05) is 6.07 Å². The highest BCUT2D eigenvalue weighted by Gasteiger charge is 2.06. The molecule has 2 aromatic heterocycles. The van der Waals surface area contributed by atoms with Crippen LogP contribution in [0.2, 0.25) is 0 Å². The molecule has 2 aromatic rings. The van der Waals surface area contributed by atoms with E-state index < -0.39 is 0 Å². The van der Waals surface area contributed by atoms with Gasteiger partial charge < -0.3 is 9.73 Å². The molecule has 0 amide bonds. The van der Waals surface area contributed by atoms with Crippen molar-refractivity contribution in [3.05, 3.63) is 34.2 Å². The molecule has 0 bridgehead atoms. The Hall–Kier alpha value is -1.20. The summed E-state index contributed by atoms with van der Waals surface area (Å²) in [6.45, 7) is 4.59. The second-order valence-corrected chi connectivity index (χ2v) is 4.81. The predicted octanol–water partition coefficient (Wildman–Crippen LogP) is 2.16. The van der Waals surface area contributed by atoms with Crippen molar-refractivity contribution < 1.29 is 4.42 Å². The number of rotatable bonds is 5. The van der Waals surface area contributed by atoms with Gasteiger partial charge in [-0.25, -0.2) is 0 Å². The van der Waals surface area contributed by atoms with Crippen molar-refractivity contribution >= 4 is 11.3 Å². The molecule has 4 nitrogen and oxygen atoms in total. The highest BCUT2D eigenvalue weighted by Crippen LogP contribution is 2.11. The Bertz CT molecular complexity index is 424. The predicted molar refractivity (Wildman–Crippen MR) is 63.4 cm³/mol. The van der Waals surface area contributed by atoms with Gasteiger partial charge >= 0.3 is 0 Å². The van der Waals surface area contributed by atoms with Gasteiger partial charge in [0.05, 0.1) is 6.54 Å². The summed E-state index contributed by atoms with van der Waals surface area (Å²) in [5.74, 6) is 1.26. The number of hydrogen-bond acceptors (Lipinski definition) is 5. The standard InChI is InChI=1S/C11H15N3OS/c1-8(6-10-4-3-5-16-10)12-7-11-14-13-9(2)15-11/h3-5,8,12H,6-7H2,1-2H3. The van der Waals surface area contributed by atoms with Crippen LogP contribution in [0.3, 0.4) is 0 Å². The molecular weight excluding hydrogens is 222 g/mol. The molecule has 0 saturated carbocycles. The quantitative estimate of drug-likeness (QED) is 0.865. The third-order valence-corrected chi connectivity index (χ3v) is 3.16. The minimum atomic E-state index is 0.408. The van der Waals surface area contributed by atoms with E-state index in [1.165, 1.54) is 4.88 Å². The molecule has 0 saturated heterocycles. The molecule has 0 aliphatic rings. The Morgan fingerprint density at radius 2 is 2.38 bits per heavy atom. The summed E-state index contributed by atoms with van der Waals surface area (Å²) in [6, 6.07) is 4.64. The van der Waals surface area contributed by atoms with Gasteiger partial charge in [0, 0.05) is 17.8 Å². The third kappa shape index (κ3) is 3.15. The maximum absolute atomic E-state index is 5.29. The van der Waals surface area contributed by atoms with Crippen molar-refractivity contribution in [1.82, 2.24) is 15.5 Å². The Balaban J connectivity index is 1.77. The summed E-state index contributed by atoms with van der Waals surface area (Å²) in [5, 5.41) is 13.2. The molecule has 2 heterocycles. The first kappa shape index (κ1) is 11.3. The maximum atomic E-state index is 5.29. The number of nitrogens with one attached hydrogen (secondary N) is 1. The van der Waals surface area contributed by atoms with Crippen LogP contribution in [-0.4, -0.2) is 16.2 Å². The lowest BCUT2D eigenvalue weighted by Gasteiger charge is -2.10. The topological polar surface area (TPSA) is 51.0 Å². The van der Waals surface area contributed by atoms with Crippen LogP contribution in [-0.2, 0) is 13.0 Å². The molecule has 2 rings (SSSR count). The molecule has 0 fully saturated rings. The summed E-state index contributed by atoms with van der Waals surface area (Å²) < 4.78 is 5.29. The first-order chi connectivity index (χ1) is 7.74. The molecule has 16 heavy (non-hydrogen) atoms. The van der Waals surface area contributed by atoms with E-state index in [-0.39, 0.29) is 0 Å². The minimum Gasteiger partial charge on any atom is -0.424 e. The van der Waals surface area contributed by atoms with Crippen molar-refractivity contribution in [2.24, 2.45) is 0 Å². The zero-order chi connectivity index (χ0) is 11.4. The summed E-state index contributed by atoms with van der Waals surface area (Å²) >= 11 is 1.79. The zero-order valence-electron chi connectivity index (χ0n) is 9.43.